The molecule has 21 heavy (non-hydrogen) atoms. The first kappa shape index (κ1) is 13.8. The van der Waals surface area contributed by atoms with Crippen LogP contribution in [0.3, 0.4) is 0 Å². The highest BCUT2D eigenvalue weighted by Crippen LogP contribution is 2.18. The van der Waals surface area contributed by atoms with Gasteiger partial charge in [-0.05, 0) is 54.5 Å². The van der Waals surface area contributed by atoms with Crippen LogP contribution in [0.15, 0.2) is 42.5 Å². The van der Waals surface area contributed by atoms with Crippen LogP contribution in [-0.2, 0) is 13.0 Å². The molecule has 0 bridgehead atoms. The number of hydrogen-bond acceptors (Lipinski definition) is 2. The van der Waals surface area contributed by atoms with E-state index in [1.54, 1.807) is 13.2 Å². The van der Waals surface area contributed by atoms with Crippen molar-refractivity contribution in [2.45, 2.75) is 13.0 Å². The van der Waals surface area contributed by atoms with E-state index in [-0.39, 0.29) is 5.82 Å². The van der Waals surface area contributed by atoms with Crippen LogP contribution in [0.1, 0.15) is 5.56 Å². The maximum atomic E-state index is 13.2. The number of nitrogens with one attached hydrogen (secondary N) is 1. The Morgan fingerprint density at radius 1 is 1.24 bits per heavy atom. The zero-order valence-corrected chi connectivity index (χ0v) is 12.4. The van der Waals surface area contributed by atoms with Crippen molar-refractivity contribution in [2.75, 3.05) is 7.11 Å². The number of imidazole rings is 1. The number of ether oxygens (including phenoxy) is 1. The SMILES string of the molecule is COc1cccc(CCn2c(=S)[nH]c3cc(F)ccc32)c1. The second kappa shape index (κ2) is 5.69. The van der Waals surface area contributed by atoms with Crippen molar-refractivity contribution in [3.63, 3.8) is 0 Å². The molecule has 1 aromatic heterocycles. The summed E-state index contributed by atoms with van der Waals surface area (Å²) < 4.78 is 21.1. The molecule has 3 rings (SSSR count). The van der Waals surface area contributed by atoms with Gasteiger partial charge < -0.3 is 14.3 Å². The Bertz CT molecular complexity index is 838. The van der Waals surface area contributed by atoms with Gasteiger partial charge >= 0.3 is 0 Å². The van der Waals surface area contributed by atoms with E-state index in [1.165, 1.54) is 17.7 Å². The highest BCUT2D eigenvalue weighted by molar-refractivity contribution is 7.71. The number of nitrogens with zero attached hydrogens (tertiary/aromatic N) is 1. The molecule has 0 radical (unpaired) electrons. The van der Waals surface area contributed by atoms with E-state index in [0.29, 0.717) is 4.77 Å². The maximum Gasteiger partial charge on any atom is 0.178 e. The van der Waals surface area contributed by atoms with Gasteiger partial charge in [-0.25, -0.2) is 4.39 Å². The molecule has 0 saturated carbocycles. The van der Waals surface area contributed by atoms with Crippen LogP contribution in [-0.4, -0.2) is 16.7 Å². The molecule has 0 unspecified atom stereocenters. The summed E-state index contributed by atoms with van der Waals surface area (Å²) in [6.45, 7) is 0.734. The van der Waals surface area contributed by atoms with Crippen molar-refractivity contribution in [1.29, 1.82) is 0 Å². The highest BCUT2D eigenvalue weighted by atomic mass is 32.1. The molecule has 1 N–H and O–H groups in total. The summed E-state index contributed by atoms with van der Waals surface area (Å²) >= 11 is 5.32. The molecule has 0 saturated heterocycles. The fourth-order valence-electron chi connectivity index (χ4n) is 2.43. The predicted molar refractivity (Wildman–Crippen MR) is 83.8 cm³/mol. The third-order valence-electron chi connectivity index (χ3n) is 3.49. The quantitative estimate of drug-likeness (QED) is 0.736. The minimum atomic E-state index is -0.265. The average molecular weight is 302 g/mol. The standard InChI is InChI=1S/C16H15FN2OS/c1-20-13-4-2-3-11(9-13)7-8-19-15-6-5-12(17)10-14(15)18-16(19)21/h2-6,9-10H,7-8H2,1H3,(H,18,21). The van der Waals surface area contributed by atoms with Gasteiger partial charge in [0.2, 0.25) is 0 Å². The van der Waals surface area contributed by atoms with E-state index in [1.807, 2.05) is 22.8 Å². The summed E-state index contributed by atoms with van der Waals surface area (Å²) in [5, 5.41) is 0. The molecule has 5 heteroatoms. The monoisotopic (exact) mass is 302 g/mol. The Kier molecular flexibility index (Phi) is 3.75. The van der Waals surface area contributed by atoms with E-state index >= 15 is 0 Å². The molecular formula is C16H15FN2OS. The average Bonchev–Trinajstić information content (AvgIpc) is 2.80. The molecule has 0 aliphatic rings. The van der Waals surface area contributed by atoms with Gasteiger partial charge in [-0.3, -0.25) is 0 Å². The smallest absolute Gasteiger partial charge is 0.178 e. The minimum Gasteiger partial charge on any atom is -0.497 e. The Morgan fingerprint density at radius 3 is 2.90 bits per heavy atom. The number of H-pyrrole nitrogens is 1. The summed E-state index contributed by atoms with van der Waals surface area (Å²) in [5.74, 6) is 0.579. The lowest BCUT2D eigenvalue weighted by molar-refractivity contribution is 0.414. The third kappa shape index (κ3) is 2.83. The zero-order chi connectivity index (χ0) is 14.8. The molecule has 0 atom stereocenters. The van der Waals surface area contributed by atoms with E-state index < -0.39 is 0 Å². The van der Waals surface area contributed by atoms with Gasteiger partial charge in [0.15, 0.2) is 4.77 Å². The minimum absolute atomic E-state index is 0.265. The second-order valence-corrected chi connectivity index (χ2v) is 5.23. The first-order valence-electron chi connectivity index (χ1n) is 6.68. The van der Waals surface area contributed by atoms with E-state index in [0.717, 1.165) is 29.7 Å². The van der Waals surface area contributed by atoms with E-state index in [2.05, 4.69) is 11.1 Å². The van der Waals surface area contributed by atoms with Crippen molar-refractivity contribution in [3.8, 4) is 5.75 Å². The number of halogens is 1. The lowest BCUT2D eigenvalue weighted by atomic mass is 10.1. The Balaban J connectivity index is 1.88. The number of fused-ring (bicyclic) bond motifs is 1. The lowest BCUT2D eigenvalue weighted by Crippen LogP contribution is -2.01. The van der Waals surface area contributed by atoms with E-state index in [4.69, 9.17) is 17.0 Å². The molecule has 108 valence electrons. The van der Waals surface area contributed by atoms with Crippen molar-refractivity contribution in [2.24, 2.45) is 0 Å². The Hall–Kier alpha value is -2.14. The van der Waals surface area contributed by atoms with Gasteiger partial charge in [-0.2, -0.15) is 0 Å². The van der Waals surface area contributed by atoms with Gasteiger partial charge in [0.05, 0.1) is 18.1 Å². The molecule has 1 heterocycles. The van der Waals surface area contributed by atoms with Crippen LogP contribution in [0.4, 0.5) is 4.39 Å². The van der Waals surface area contributed by atoms with Crippen LogP contribution < -0.4 is 4.74 Å². The number of aromatic nitrogens is 2. The molecule has 3 nitrogen and oxygen atoms in total. The molecular weight excluding hydrogens is 287 g/mol. The highest BCUT2D eigenvalue weighted by Gasteiger charge is 2.06. The Labute approximate surface area is 127 Å². The molecule has 0 amide bonds. The summed E-state index contributed by atoms with van der Waals surface area (Å²) in [5.41, 5.74) is 2.82. The molecule has 0 aliphatic heterocycles. The number of hydrogen-bond donors (Lipinski definition) is 1. The van der Waals surface area contributed by atoms with Gasteiger partial charge in [0.1, 0.15) is 11.6 Å². The van der Waals surface area contributed by atoms with Crippen LogP contribution in [0.25, 0.3) is 11.0 Å². The van der Waals surface area contributed by atoms with Gasteiger partial charge in [0, 0.05) is 6.54 Å². The molecule has 3 aromatic rings. The third-order valence-corrected chi connectivity index (χ3v) is 3.82. The topological polar surface area (TPSA) is 29.9 Å². The number of methoxy groups -OCH3 is 1. The van der Waals surface area contributed by atoms with Crippen molar-refractivity contribution < 1.29 is 9.13 Å². The number of rotatable bonds is 4. The maximum absolute atomic E-state index is 13.2. The predicted octanol–water partition coefficient (Wildman–Crippen LogP) is 4.09. The van der Waals surface area contributed by atoms with Crippen molar-refractivity contribution >= 4 is 23.3 Å². The lowest BCUT2D eigenvalue weighted by Gasteiger charge is -2.06. The zero-order valence-electron chi connectivity index (χ0n) is 11.6. The summed E-state index contributed by atoms with van der Waals surface area (Å²) in [6, 6.07) is 12.6. The van der Waals surface area contributed by atoms with Crippen LogP contribution in [0, 0.1) is 10.6 Å². The molecule has 0 spiro atoms. The summed E-state index contributed by atoms with van der Waals surface area (Å²) in [6.07, 6.45) is 0.829. The first-order chi connectivity index (χ1) is 10.2. The number of aromatic amines is 1. The second-order valence-electron chi connectivity index (χ2n) is 4.84. The molecule has 2 aromatic carbocycles. The molecule has 0 fully saturated rings. The van der Waals surface area contributed by atoms with Crippen LogP contribution in [0.5, 0.6) is 5.75 Å². The van der Waals surface area contributed by atoms with Crippen molar-refractivity contribution in [3.05, 3.63) is 58.6 Å². The number of aryl methyl sites for hydroxylation is 2. The molecule has 0 aliphatic carbocycles. The van der Waals surface area contributed by atoms with Gasteiger partial charge in [-0.15, -0.1) is 0 Å². The van der Waals surface area contributed by atoms with Crippen LogP contribution >= 0.6 is 12.2 Å². The first-order valence-corrected chi connectivity index (χ1v) is 7.09. The van der Waals surface area contributed by atoms with Gasteiger partial charge in [0.25, 0.3) is 0 Å². The fraction of sp³-hybridized carbons (Fsp3) is 0.188. The normalized spacial score (nSPS) is 11.0. The van der Waals surface area contributed by atoms with Crippen LogP contribution in [0.2, 0.25) is 0 Å². The number of benzene rings is 2. The van der Waals surface area contributed by atoms with Crippen molar-refractivity contribution in [1.82, 2.24) is 9.55 Å². The fourth-order valence-corrected chi connectivity index (χ4v) is 2.73. The van der Waals surface area contributed by atoms with Gasteiger partial charge in [-0.1, -0.05) is 12.1 Å². The largest absolute Gasteiger partial charge is 0.497 e. The Morgan fingerprint density at radius 2 is 2.10 bits per heavy atom. The summed E-state index contributed by atoms with van der Waals surface area (Å²) in [4.78, 5) is 3.04. The van der Waals surface area contributed by atoms with E-state index in [9.17, 15) is 4.39 Å². The summed E-state index contributed by atoms with van der Waals surface area (Å²) in [7, 11) is 1.66.